The largest absolute Gasteiger partial charge is 0.459 e. The molecule has 4 rings (SSSR count). The molecule has 4 saturated carbocycles. The predicted octanol–water partition coefficient (Wildman–Crippen LogP) is 2.38. The quantitative estimate of drug-likeness (QED) is 0.527. The third kappa shape index (κ3) is 7.09. The van der Waals surface area contributed by atoms with Crippen LogP contribution in [0.1, 0.15) is 65.7 Å². The van der Waals surface area contributed by atoms with Gasteiger partial charge in [-0.1, -0.05) is 0 Å². The molecule has 0 aromatic heterocycles. The van der Waals surface area contributed by atoms with Crippen molar-refractivity contribution in [1.29, 1.82) is 0 Å². The highest BCUT2D eigenvalue weighted by Crippen LogP contribution is 2.55. The zero-order chi connectivity index (χ0) is 23.5. The molecule has 2 N–H and O–H groups in total. The minimum Gasteiger partial charge on any atom is -0.459 e. The molecule has 4 aliphatic rings. The van der Waals surface area contributed by atoms with E-state index in [0.29, 0.717) is 13.1 Å². The smallest absolute Gasteiger partial charge is 0.326 e. The third-order valence-corrected chi connectivity index (χ3v) is 6.95. The van der Waals surface area contributed by atoms with E-state index < -0.39 is 11.6 Å². The maximum absolute atomic E-state index is 12.8. The molecule has 0 saturated heterocycles. The highest BCUT2D eigenvalue weighted by atomic mass is 16.6. The standard InChI is InChI=1S/C24H42N4O4/c1-23(2,3)32-21(30)16-28(9-8-27(4)5)20(29)6-7-25-22(31)26-24-13-17-10-18(14-24)12-19(11-17)15-24/h17-19H,6-16H2,1-5H3,(H2,25,26,31). The van der Waals surface area contributed by atoms with Gasteiger partial charge in [0.1, 0.15) is 12.1 Å². The van der Waals surface area contributed by atoms with Crippen LogP contribution in [0.15, 0.2) is 0 Å². The van der Waals surface area contributed by atoms with Crippen molar-refractivity contribution in [2.45, 2.75) is 76.9 Å². The summed E-state index contributed by atoms with van der Waals surface area (Å²) in [5.41, 5.74) is -0.637. The first kappa shape index (κ1) is 24.8. The molecule has 4 fully saturated rings. The van der Waals surface area contributed by atoms with Gasteiger partial charge in [0.2, 0.25) is 5.91 Å². The van der Waals surface area contributed by atoms with Gasteiger partial charge >= 0.3 is 12.0 Å². The SMILES string of the molecule is CN(C)CCN(CC(=O)OC(C)(C)C)C(=O)CCNC(=O)NC12CC3CC(CC(C3)C1)C2. The van der Waals surface area contributed by atoms with Gasteiger partial charge in [0, 0.05) is 31.6 Å². The molecular weight excluding hydrogens is 408 g/mol. The molecule has 32 heavy (non-hydrogen) atoms. The number of urea groups is 1. The van der Waals surface area contributed by atoms with Gasteiger partial charge in [-0.15, -0.1) is 0 Å². The monoisotopic (exact) mass is 450 g/mol. The Hall–Kier alpha value is -1.83. The van der Waals surface area contributed by atoms with Gasteiger partial charge in [-0.2, -0.15) is 0 Å². The van der Waals surface area contributed by atoms with Crippen LogP contribution in [-0.2, 0) is 14.3 Å². The number of rotatable bonds is 9. The predicted molar refractivity (Wildman–Crippen MR) is 123 cm³/mol. The summed E-state index contributed by atoms with van der Waals surface area (Å²) in [7, 11) is 3.85. The van der Waals surface area contributed by atoms with Crippen molar-refractivity contribution in [3.05, 3.63) is 0 Å². The third-order valence-electron chi connectivity index (χ3n) is 6.95. The van der Waals surface area contributed by atoms with Crippen LogP contribution in [0.5, 0.6) is 0 Å². The first-order chi connectivity index (χ1) is 14.9. The number of nitrogens with zero attached hydrogens (tertiary/aromatic N) is 2. The molecule has 0 atom stereocenters. The second kappa shape index (κ2) is 9.98. The number of carbonyl (C=O) groups is 3. The van der Waals surface area contributed by atoms with Crippen molar-refractivity contribution in [3.8, 4) is 0 Å². The van der Waals surface area contributed by atoms with Gasteiger partial charge in [0.15, 0.2) is 0 Å². The molecule has 0 spiro atoms. The summed E-state index contributed by atoms with van der Waals surface area (Å²) in [5.74, 6) is 1.72. The number of esters is 1. The molecule has 3 amide bonds. The number of nitrogens with one attached hydrogen (secondary N) is 2. The molecule has 0 heterocycles. The van der Waals surface area contributed by atoms with E-state index >= 15 is 0 Å². The number of hydrogen-bond donors (Lipinski definition) is 2. The molecule has 8 nitrogen and oxygen atoms in total. The number of hydrogen-bond acceptors (Lipinski definition) is 5. The molecule has 182 valence electrons. The zero-order valence-corrected chi connectivity index (χ0v) is 20.5. The van der Waals surface area contributed by atoms with E-state index in [1.54, 1.807) is 0 Å². The van der Waals surface area contributed by atoms with E-state index in [4.69, 9.17) is 4.74 Å². The maximum Gasteiger partial charge on any atom is 0.326 e. The van der Waals surface area contributed by atoms with Crippen LogP contribution >= 0.6 is 0 Å². The van der Waals surface area contributed by atoms with E-state index in [0.717, 1.165) is 37.0 Å². The number of ether oxygens (including phenoxy) is 1. The van der Waals surface area contributed by atoms with E-state index in [9.17, 15) is 14.4 Å². The second-order valence-corrected chi connectivity index (χ2v) is 11.5. The van der Waals surface area contributed by atoms with Gasteiger partial charge in [0.05, 0.1) is 0 Å². The summed E-state index contributed by atoms with van der Waals surface area (Å²) in [6, 6.07) is -0.174. The average Bonchev–Trinajstić information content (AvgIpc) is 2.61. The number of likely N-dealkylation sites (N-methyl/N-ethyl adjacent to an activating group) is 1. The van der Waals surface area contributed by atoms with E-state index in [-0.39, 0.29) is 37.0 Å². The Bertz CT molecular complexity index is 665. The van der Waals surface area contributed by atoms with Crippen LogP contribution in [0.3, 0.4) is 0 Å². The number of carbonyl (C=O) groups excluding carboxylic acids is 3. The summed E-state index contributed by atoms with van der Waals surface area (Å²) in [6.07, 6.45) is 7.44. The van der Waals surface area contributed by atoms with Crippen LogP contribution in [-0.4, -0.2) is 79.1 Å². The summed E-state index contributed by atoms with van der Waals surface area (Å²) < 4.78 is 5.38. The first-order valence-corrected chi connectivity index (χ1v) is 12.1. The van der Waals surface area contributed by atoms with Crippen molar-refractivity contribution in [2.24, 2.45) is 17.8 Å². The molecule has 0 aromatic carbocycles. The Kier molecular flexibility index (Phi) is 7.73. The second-order valence-electron chi connectivity index (χ2n) is 11.5. The lowest BCUT2D eigenvalue weighted by Gasteiger charge is -2.56. The van der Waals surface area contributed by atoms with E-state index in [1.807, 2.05) is 39.8 Å². The Morgan fingerprint density at radius 1 is 0.969 bits per heavy atom. The highest BCUT2D eigenvalue weighted by molar-refractivity contribution is 5.83. The van der Waals surface area contributed by atoms with Gasteiger partial charge in [-0.3, -0.25) is 9.59 Å². The fourth-order valence-corrected chi connectivity index (χ4v) is 6.13. The summed E-state index contributed by atoms with van der Waals surface area (Å²) in [6.45, 7) is 6.68. The van der Waals surface area contributed by atoms with Crippen molar-refractivity contribution in [3.63, 3.8) is 0 Å². The van der Waals surface area contributed by atoms with Crippen LogP contribution in [0.4, 0.5) is 4.79 Å². The van der Waals surface area contributed by atoms with Gasteiger partial charge in [-0.05, 0) is 91.1 Å². The summed E-state index contributed by atoms with van der Waals surface area (Å²) in [5, 5.41) is 6.15. The highest BCUT2D eigenvalue weighted by Gasteiger charge is 2.51. The Morgan fingerprint density at radius 2 is 1.53 bits per heavy atom. The molecule has 4 aliphatic carbocycles. The van der Waals surface area contributed by atoms with Crippen molar-refractivity contribution in [1.82, 2.24) is 20.4 Å². The van der Waals surface area contributed by atoms with Gasteiger partial charge in [0.25, 0.3) is 0 Å². The average molecular weight is 451 g/mol. The molecule has 4 bridgehead atoms. The molecule has 8 heteroatoms. The summed E-state index contributed by atoms with van der Waals surface area (Å²) >= 11 is 0. The van der Waals surface area contributed by atoms with Crippen molar-refractivity contribution < 1.29 is 19.1 Å². The normalized spacial score (nSPS) is 28.5. The van der Waals surface area contributed by atoms with Gasteiger partial charge in [-0.25, -0.2) is 4.79 Å². The first-order valence-electron chi connectivity index (χ1n) is 12.1. The fourth-order valence-electron chi connectivity index (χ4n) is 6.13. The lowest BCUT2D eigenvalue weighted by molar-refractivity contribution is -0.159. The Morgan fingerprint density at radius 3 is 2.03 bits per heavy atom. The summed E-state index contributed by atoms with van der Waals surface area (Å²) in [4.78, 5) is 41.1. The molecule has 0 unspecified atom stereocenters. The lowest BCUT2D eigenvalue weighted by atomic mass is 9.53. The minimum absolute atomic E-state index is 0.0443. The van der Waals surface area contributed by atoms with Crippen LogP contribution in [0.25, 0.3) is 0 Å². The molecular formula is C24H42N4O4. The van der Waals surface area contributed by atoms with Gasteiger partial charge < -0.3 is 25.2 Å². The van der Waals surface area contributed by atoms with Crippen LogP contribution in [0, 0.1) is 17.8 Å². The van der Waals surface area contributed by atoms with Crippen LogP contribution < -0.4 is 10.6 Å². The van der Waals surface area contributed by atoms with Crippen molar-refractivity contribution >= 4 is 17.9 Å². The topological polar surface area (TPSA) is 91.0 Å². The molecule has 0 aromatic rings. The Labute approximate surface area is 192 Å². The van der Waals surface area contributed by atoms with Crippen LogP contribution in [0.2, 0.25) is 0 Å². The van der Waals surface area contributed by atoms with E-state index in [1.165, 1.54) is 24.2 Å². The minimum atomic E-state index is -0.593. The van der Waals surface area contributed by atoms with E-state index in [2.05, 4.69) is 10.6 Å². The maximum atomic E-state index is 12.8. The molecule has 0 aliphatic heterocycles. The van der Waals surface area contributed by atoms with Crippen molar-refractivity contribution in [2.75, 3.05) is 40.3 Å². The fraction of sp³-hybridized carbons (Fsp3) is 0.875. The molecule has 0 radical (unpaired) electrons. The zero-order valence-electron chi connectivity index (χ0n) is 20.5. The lowest BCUT2D eigenvalue weighted by Crippen LogP contribution is -2.61. The number of amides is 3. The Balaban J connectivity index is 1.45.